The number of hydrogen-bond donors (Lipinski definition) is 2. The smallest absolute Gasteiger partial charge is 0.224 e. The first-order valence-corrected chi connectivity index (χ1v) is 6.82. The summed E-state index contributed by atoms with van der Waals surface area (Å²) < 4.78 is 5.33. The van der Waals surface area contributed by atoms with Crippen molar-refractivity contribution in [3.05, 3.63) is 35.4 Å². The van der Waals surface area contributed by atoms with Gasteiger partial charge in [-0.3, -0.25) is 4.79 Å². The molecule has 5 heteroatoms. The molecule has 19 heavy (non-hydrogen) atoms. The minimum Gasteiger partial charge on any atom is -0.389 e. The zero-order chi connectivity index (χ0) is 13.7. The number of ether oxygens (including phenoxy) is 1. The first-order chi connectivity index (χ1) is 9.15. The zero-order valence-corrected chi connectivity index (χ0v) is 11.5. The highest BCUT2D eigenvalue weighted by molar-refractivity contribution is 7.80. The molecule has 1 aromatic carbocycles. The minimum atomic E-state index is 0.0265. The fraction of sp³-hybridized carbons (Fsp3) is 0.429. The molecule has 1 fully saturated rings. The van der Waals surface area contributed by atoms with Gasteiger partial charge in [0.05, 0.1) is 19.1 Å². The maximum absolute atomic E-state index is 11.9. The third-order valence-electron chi connectivity index (χ3n) is 3.13. The standard InChI is InChI=1S/C14H18N2O2S/c15-14(19)11-5-3-10(4-6-11)8-13(17)16-12-2-1-7-18-9-12/h3-6,12H,1-2,7-9H2,(H2,15,19)(H,16,17). The van der Waals surface area contributed by atoms with E-state index in [4.69, 9.17) is 22.7 Å². The molecule has 0 aromatic heterocycles. The second-order valence-corrected chi connectivity index (χ2v) is 5.16. The summed E-state index contributed by atoms with van der Waals surface area (Å²) in [4.78, 5) is 12.3. The minimum absolute atomic E-state index is 0.0265. The quantitative estimate of drug-likeness (QED) is 0.811. The highest BCUT2D eigenvalue weighted by Gasteiger charge is 2.16. The van der Waals surface area contributed by atoms with Crippen molar-refractivity contribution in [2.75, 3.05) is 13.2 Å². The first kappa shape index (κ1) is 14.0. The summed E-state index contributed by atoms with van der Waals surface area (Å²) in [6.07, 6.45) is 2.37. The van der Waals surface area contributed by atoms with Gasteiger partial charge in [-0.1, -0.05) is 36.5 Å². The molecule has 1 aromatic rings. The lowest BCUT2D eigenvalue weighted by molar-refractivity contribution is -0.122. The Balaban J connectivity index is 1.85. The lowest BCUT2D eigenvalue weighted by atomic mass is 10.1. The Labute approximate surface area is 118 Å². The van der Waals surface area contributed by atoms with Crippen molar-refractivity contribution >= 4 is 23.1 Å². The van der Waals surface area contributed by atoms with Crippen LogP contribution in [0.4, 0.5) is 0 Å². The molecular formula is C14H18N2O2S. The number of hydrogen-bond acceptors (Lipinski definition) is 3. The van der Waals surface area contributed by atoms with Gasteiger partial charge in [0.25, 0.3) is 0 Å². The van der Waals surface area contributed by atoms with Crippen LogP contribution in [0, 0.1) is 0 Å². The van der Waals surface area contributed by atoms with Crippen LogP contribution in [-0.4, -0.2) is 30.2 Å². The summed E-state index contributed by atoms with van der Waals surface area (Å²) in [5.74, 6) is 0.0265. The highest BCUT2D eigenvalue weighted by Crippen LogP contribution is 2.08. The first-order valence-electron chi connectivity index (χ1n) is 6.41. The third-order valence-corrected chi connectivity index (χ3v) is 3.36. The summed E-state index contributed by atoms with van der Waals surface area (Å²) in [6, 6.07) is 7.59. The number of amides is 1. The van der Waals surface area contributed by atoms with Gasteiger partial charge in [-0.15, -0.1) is 0 Å². The molecule has 3 N–H and O–H groups in total. The van der Waals surface area contributed by atoms with Gasteiger partial charge in [0, 0.05) is 12.2 Å². The van der Waals surface area contributed by atoms with Crippen LogP contribution in [0.2, 0.25) is 0 Å². The molecule has 0 saturated carbocycles. The van der Waals surface area contributed by atoms with Crippen molar-refractivity contribution in [2.24, 2.45) is 5.73 Å². The predicted molar refractivity (Wildman–Crippen MR) is 78.0 cm³/mol. The Morgan fingerprint density at radius 3 is 2.74 bits per heavy atom. The Morgan fingerprint density at radius 1 is 1.42 bits per heavy atom. The van der Waals surface area contributed by atoms with Crippen LogP contribution in [0.15, 0.2) is 24.3 Å². The average Bonchev–Trinajstić information content (AvgIpc) is 2.40. The van der Waals surface area contributed by atoms with E-state index in [9.17, 15) is 4.79 Å². The third kappa shape index (κ3) is 4.29. The SMILES string of the molecule is NC(=S)c1ccc(CC(=O)NC2CCCOC2)cc1. The Morgan fingerprint density at radius 2 is 2.16 bits per heavy atom. The molecular weight excluding hydrogens is 260 g/mol. The van der Waals surface area contributed by atoms with Crippen LogP contribution < -0.4 is 11.1 Å². The lowest BCUT2D eigenvalue weighted by Crippen LogP contribution is -2.41. The Hall–Kier alpha value is -1.46. The van der Waals surface area contributed by atoms with Crippen molar-refractivity contribution in [3.8, 4) is 0 Å². The van der Waals surface area contributed by atoms with E-state index < -0.39 is 0 Å². The molecule has 1 saturated heterocycles. The number of carbonyl (C=O) groups is 1. The topological polar surface area (TPSA) is 64.4 Å². The van der Waals surface area contributed by atoms with E-state index >= 15 is 0 Å². The highest BCUT2D eigenvalue weighted by atomic mass is 32.1. The molecule has 1 heterocycles. The molecule has 2 rings (SSSR count). The molecule has 0 spiro atoms. The molecule has 1 unspecified atom stereocenters. The predicted octanol–water partition coefficient (Wildman–Crippen LogP) is 1.16. The van der Waals surface area contributed by atoms with Crippen LogP contribution in [-0.2, 0) is 16.0 Å². The van der Waals surface area contributed by atoms with Crippen LogP contribution in [0.3, 0.4) is 0 Å². The fourth-order valence-electron chi connectivity index (χ4n) is 2.11. The average molecular weight is 278 g/mol. The van der Waals surface area contributed by atoms with Gasteiger partial charge in [0.15, 0.2) is 0 Å². The molecule has 102 valence electrons. The van der Waals surface area contributed by atoms with E-state index in [1.54, 1.807) is 0 Å². The Bertz CT molecular complexity index is 453. The van der Waals surface area contributed by atoms with Crippen LogP contribution in [0.5, 0.6) is 0 Å². The summed E-state index contributed by atoms with van der Waals surface area (Å²) >= 11 is 4.89. The van der Waals surface area contributed by atoms with Crippen molar-refractivity contribution in [3.63, 3.8) is 0 Å². The summed E-state index contributed by atoms with van der Waals surface area (Å²) in [5, 5.41) is 2.99. The van der Waals surface area contributed by atoms with Crippen LogP contribution in [0.25, 0.3) is 0 Å². The number of rotatable bonds is 4. The summed E-state index contributed by atoms with van der Waals surface area (Å²) in [6.45, 7) is 1.42. The maximum atomic E-state index is 11.9. The summed E-state index contributed by atoms with van der Waals surface area (Å²) in [7, 11) is 0. The van der Waals surface area contributed by atoms with Gasteiger partial charge in [-0.25, -0.2) is 0 Å². The van der Waals surface area contributed by atoms with Crippen LogP contribution in [0.1, 0.15) is 24.0 Å². The molecule has 1 amide bonds. The molecule has 0 bridgehead atoms. The molecule has 0 radical (unpaired) electrons. The van der Waals surface area contributed by atoms with Gasteiger partial charge in [0.1, 0.15) is 4.99 Å². The second kappa shape index (κ2) is 6.63. The van der Waals surface area contributed by atoms with E-state index in [0.29, 0.717) is 18.0 Å². The van der Waals surface area contributed by atoms with Crippen molar-refractivity contribution in [2.45, 2.75) is 25.3 Å². The van der Waals surface area contributed by atoms with E-state index in [1.165, 1.54) is 0 Å². The number of benzene rings is 1. The van der Waals surface area contributed by atoms with E-state index in [1.807, 2.05) is 24.3 Å². The molecule has 1 aliphatic heterocycles. The number of nitrogens with one attached hydrogen (secondary N) is 1. The molecule has 1 aliphatic rings. The van der Waals surface area contributed by atoms with Crippen molar-refractivity contribution in [1.29, 1.82) is 0 Å². The molecule has 0 aliphatic carbocycles. The normalized spacial score (nSPS) is 18.8. The van der Waals surface area contributed by atoms with Gasteiger partial charge >= 0.3 is 0 Å². The maximum Gasteiger partial charge on any atom is 0.224 e. The number of nitrogens with two attached hydrogens (primary N) is 1. The molecule has 1 atom stereocenters. The lowest BCUT2D eigenvalue weighted by Gasteiger charge is -2.23. The van der Waals surface area contributed by atoms with Crippen molar-refractivity contribution in [1.82, 2.24) is 5.32 Å². The Kier molecular flexibility index (Phi) is 4.87. The number of carbonyl (C=O) groups excluding carboxylic acids is 1. The molecule has 4 nitrogen and oxygen atoms in total. The zero-order valence-electron chi connectivity index (χ0n) is 10.7. The fourth-order valence-corrected chi connectivity index (χ4v) is 2.24. The van der Waals surface area contributed by atoms with Gasteiger partial charge in [0.2, 0.25) is 5.91 Å². The van der Waals surface area contributed by atoms with E-state index in [2.05, 4.69) is 5.32 Å². The van der Waals surface area contributed by atoms with E-state index in [-0.39, 0.29) is 11.9 Å². The van der Waals surface area contributed by atoms with Gasteiger partial charge < -0.3 is 15.8 Å². The van der Waals surface area contributed by atoms with E-state index in [0.717, 1.165) is 30.6 Å². The second-order valence-electron chi connectivity index (χ2n) is 4.72. The number of thiocarbonyl (C=S) groups is 1. The van der Waals surface area contributed by atoms with Crippen LogP contribution >= 0.6 is 12.2 Å². The van der Waals surface area contributed by atoms with Gasteiger partial charge in [-0.2, -0.15) is 0 Å². The van der Waals surface area contributed by atoms with Crippen molar-refractivity contribution < 1.29 is 9.53 Å². The largest absolute Gasteiger partial charge is 0.389 e. The monoisotopic (exact) mass is 278 g/mol. The van der Waals surface area contributed by atoms with Gasteiger partial charge in [-0.05, 0) is 18.4 Å². The summed E-state index contributed by atoms with van der Waals surface area (Å²) in [5.41, 5.74) is 7.30.